The molecule has 2 heterocycles. The molecule has 0 bridgehead atoms. The van der Waals surface area contributed by atoms with E-state index in [-0.39, 0.29) is 12.4 Å². The van der Waals surface area contributed by atoms with Gasteiger partial charge in [-0.15, -0.1) is 12.4 Å². The van der Waals surface area contributed by atoms with Crippen LogP contribution >= 0.6 is 12.4 Å². The van der Waals surface area contributed by atoms with Crippen LogP contribution in [0, 0.1) is 0 Å². The second kappa shape index (κ2) is 6.66. The van der Waals surface area contributed by atoms with Crippen molar-refractivity contribution < 1.29 is 4.42 Å². The van der Waals surface area contributed by atoms with Gasteiger partial charge in [0.1, 0.15) is 11.3 Å². The van der Waals surface area contributed by atoms with E-state index < -0.39 is 0 Å². The van der Waals surface area contributed by atoms with Gasteiger partial charge in [0.2, 0.25) is 0 Å². The van der Waals surface area contributed by atoms with E-state index in [4.69, 9.17) is 9.40 Å². The van der Waals surface area contributed by atoms with Crippen LogP contribution in [-0.2, 0) is 0 Å². The van der Waals surface area contributed by atoms with Gasteiger partial charge in [-0.3, -0.25) is 0 Å². The first-order chi connectivity index (χ1) is 12.4. The van der Waals surface area contributed by atoms with E-state index in [0.29, 0.717) is 0 Å². The maximum absolute atomic E-state index is 6.03. The first-order valence-electron chi connectivity index (χ1n) is 8.33. The molecule has 5 aromatic rings. The zero-order valence-corrected chi connectivity index (χ0v) is 14.7. The highest BCUT2D eigenvalue weighted by Gasteiger charge is 2.12. The summed E-state index contributed by atoms with van der Waals surface area (Å²) in [5, 5.41) is 2.24. The average Bonchev–Trinajstić information content (AvgIpc) is 3.12. The summed E-state index contributed by atoms with van der Waals surface area (Å²) in [7, 11) is 0. The predicted molar refractivity (Wildman–Crippen MR) is 110 cm³/mol. The van der Waals surface area contributed by atoms with Gasteiger partial charge in [-0.25, -0.2) is 4.98 Å². The third-order valence-electron chi connectivity index (χ3n) is 4.48. The second-order valence-corrected chi connectivity index (χ2v) is 6.09. The summed E-state index contributed by atoms with van der Waals surface area (Å²) in [4.78, 5) is 4.83. The number of aromatic nitrogens is 1. The molecule has 0 amide bonds. The number of fused-ring (bicyclic) bond motifs is 2. The Morgan fingerprint density at radius 3 is 2.27 bits per heavy atom. The molecule has 0 N–H and O–H groups in total. The van der Waals surface area contributed by atoms with Crippen LogP contribution in [0.2, 0.25) is 0 Å². The predicted octanol–water partition coefficient (Wildman–Crippen LogP) is 6.74. The SMILES string of the molecule is Cl.c1ccc(-c2cc(-c3cc4ccccc4o3)nc3ccccc23)cc1. The summed E-state index contributed by atoms with van der Waals surface area (Å²) in [5.41, 5.74) is 5.06. The lowest BCUT2D eigenvalue weighted by Gasteiger charge is -2.09. The Balaban J connectivity index is 0.00000168. The van der Waals surface area contributed by atoms with Crippen LogP contribution in [0.1, 0.15) is 0 Å². The van der Waals surface area contributed by atoms with Crippen molar-refractivity contribution in [3.05, 3.63) is 91.0 Å². The quantitative estimate of drug-likeness (QED) is 0.350. The van der Waals surface area contributed by atoms with Gasteiger partial charge in [-0.1, -0.05) is 66.7 Å². The minimum absolute atomic E-state index is 0. The van der Waals surface area contributed by atoms with Crippen molar-refractivity contribution in [1.82, 2.24) is 4.98 Å². The van der Waals surface area contributed by atoms with E-state index in [0.717, 1.165) is 33.3 Å². The second-order valence-electron chi connectivity index (χ2n) is 6.09. The van der Waals surface area contributed by atoms with Gasteiger partial charge in [-0.05, 0) is 35.4 Å². The first kappa shape index (κ1) is 16.4. The van der Waals surface area contributed by atoms with E-state index in [1.807, 2.05) is 36.4 Å². The molecule has 0 saturated heterocycles. The van der Waals surface area contributed by atoms with Crippen molar-refractivity contribution >= 4 is 34.3 Å². The van der Waals surface area contributed by atoms with Gasteiger partial charge in [0, 0.05) is 10.8 Å². The van der Waals surface area contributed by atoms with Gasteiger partial charge in [0.15, 0.2) is 5.76 Å². The molecule has 0 aliphatic rings. The fourth-order valence-corrected chi connectivity index (χ4v) is 3.27. The Bertz CT molecular complexity index is 1160. The molecule has 0 saturated carbocycles. The lowest BCUT2D eigenvalue weighted by Crippen LogP contribution is -1.88. The Labute approximate surface area is 157 Å². The Kier molecular flexibility index (Phi) is 4.19. The largest absolute Gasteiger partial charge is 0.454 e. The number of para-hydroxylation sites is 2. The van der Waals surface area contributed by atoms with Crippen molar-refractivity contribution in [2.75, 3.05) is 0 Å². The molecule has 0 unspecified atom stereocenters. The molecule has 26 heavy (non-hydrogen) atoms. The highest BCUT2D eigenvalue weighted by atomic mass is 35.5. The van der Waals surface area contributed by atoms with Crippen molar-refractivity contribution in [2.24, 2.45) is 0 Å². The molecule has 2 nitrogen and oxygen atoms in total. The zero-order valence-electron chi connectivity index (χ0n) is 13.9. The summed E-state index contributed by atoms with van der Waals surface area (Å²) in [6.45, 7) is 0. The number of halogens is 1. The lowest BCUT2D eigenvalue weighted by atomic mass is 10.00. The number of rotatable bonds is 2. The molecular formula is C23H16ClNO. The Morgan fingerprint density at radius 1 is 0.692 bits per heavy atom. The van der Waals surface area contributed by atoms with Crippen LogP contribution in [0.3, 0.4) is 0 Å². The standard InChI is InChI=1S/C23H15NO.ClH/c1-2-8-16(9-3-1)19-15-21(24-20-12-6-5-11-18(19)20)23-14-17-10-4-7-13-22(17)25-23;/h1-15H;1H. The van der Waals surface area contributed by atoms with Crippen molar-refractivity contribution in [3.63, 3.8) is 0 Å². The van der Waals surface area contributed by atoms with E-state index in [1.54, 1.807) is 0 Å². The van der Waals surface area contributed by atoms with Crippen LogP contribution in [0.25, 0.3) is 44.5 Å². The topological polar surface area (TPSA) is 26.0 Å². The molecule has 0 spiro atoms. The fraction of sp³-hybridized carbons (Fsp3) is 0. The van der Waals surface area contributed by atoms with Gasteiger partial charge in [0.05, 0.1) is 5.52 Å². The highest BCUT2D eigenvalue weighted by molar-refractivity contribution is 5.97. The molecule has 0 radical (unpaired) electrons. The smallest absolute Gasteiger partial charge is 0.153 e. The van der Waals surface area contributed by atoms with E-state index >= 15 is 0 Å². The summed E-state index contributed by atoms with van der Waals surface area (Å²) in [6.07, 6.45) is 0. The normalized spacial score (nSPS) is 10.8. The lowest BCUT2D eigenvalue weighted by molar-refractivity contribution is 0.629. The highest BCUT2D eigenvalue weighted by Crippen LogP contribution is 2.33. The molecule has 5 rings (SSSR count). The molecule has 0 atom stereocenters. The number of furan rings is 1. The molecule has 3 heteroatoms. The van der Waals surface area contributed by atoms with Crippen molar-refractivity contribution in [1.29, 1.82) is 0 Å². The summed E-state index contributed by atoms with van der Waals surface area (Å²) < 4.78 is 6.03. The Morgan fingerprint density at radius 2 is 1.42 bits per heavy atom. The van der Waals surface area contributed by atoms with Crippen LogP contribution in [0.4, 0.5) is 0 Å². The van der Waals surface area contributed by atoms with Gasteiger partial charge in [0.25, 0.3) is 0 Å². The third kappa shape index (κ3) is 2.75. The maximum Gasteiger partial charge on any atom is 0.153 e. The minimum atomic E-state index is 0. The van der Waals surface area contributed by atoms with Crippen LogP contribution < -0.4 is 0 Å². The molecule has 3 aromatic carbocycles. The molecule has 0 fully saturated rings. The van der Waals surface area contributed by atoms with Crippen LogP contribution in [-0.4, -0.2) is 4.98 Å². The third-order valence-corrected chi connectivity index (χ3v) is 4.48. The van der Waals surface area contributed by atoms with Crippen LogP contribution in [0.15, 0.2) is 95.4 Å². The number of hydrogen-bond acceptors (Lipinski definition) is 2. The number of benzene rings is 3. The average molecular weight is 358 g/mol. The summed E-state index contributed by atoms with van der Waals surface area (Å²) in [5.74, 6) is 0.795. The first-order valence-corrected chi connectivity index (χ1v) is 8.33. The molecule has 126 valence electrons. The number of pyridine rings is 1. The van der Waals surface area contributed by atoms with E-state index in [9.17, 15) is 0 Å². The van der Waals surface area contributed by atoms with E-state index in [2.05, 4.69) is 54.6 Å². The molecule has 0 aliphatic heterocycles. The van der Waals surface area contributed by atoms with Gasteiger partial charge in [-0.2, -0.15) is 0 Å². The zero-order chi connectivity index (χ0) is 16.6. The number of hydrogen-bond donors (Lipinski definition) is 0. The summed E-state index contributed by atoms with van der Waals surface area (Å²) in [6, 6.07) is 30.9. The van der Waals surface area contributed by atoms with Crippen molar-refractivity contribution in [2.45, 2.75) is 0 Å². The number of nitrogens with zero attached hydrogens (tertiary/aromatic N) is 1. The molecular weight excluding hydrogens is 342 g/mol. The van der Waals surface area contributed by atoms with Crippen molar-refractivity contribution in [3.8, 4) is 22.6 Å². The fourth-order valence-electron chi connectivity index (χ4n) is 3.27. The molecule has 0 aliphatic carbocycles. The minimum Gasteiger partial charge on any atom is -0.454 e. The van der Waals surface area contributed by atoms with Gasteiger partial charge < -0.3 is 4.42 Å². The summed E-state index contributed by atoms with van der Waals surface area (Å²) >= 11 is 0. The van der Waals surface area contributed by atoms with Crippen LogP contribution in [0.5, 0.6) is 0 Å². The maximum atomic E-state index is 6.03. The van der Waals surface area contributed by atoms with Gasteiger partial charge >= 0.3 is 0 Å². The Hall–Kier alpha value is -3.10. The molecule has 2 aromatic heterocycles. The van der Waals surface area contributed by atoms with E-state index in [1.165, 1.54) is 11.1 Å². The monoisotopic (exact) mass is 357 g/mol.